The zero-order valence-electron chi connectivity index (χ0n) is 11.9. The number of carbonyl (C=O) groups excluding carboxylic acids is 1. The highest BCUT2D eigenvalue weighted by Gasteiger charge is 2.30. The molecule has 0 spiro atoms. The molecule has 0 heterocycles. The fourth-order valence-corrected chi connectivity index (χ4v) is 3.83. The molecule has 1 rings (SSSR count). The first kappa shape index (κ1) is 16.4. The van der Waals surface area contributed by atoms with Crippen molar-refractivity contribution in [1.29, 1.82) is 0 Å². The number of rotatable bonds is 6. The highest BCUT2D eigenvalue weighted by Crippen LogP contribution is 2.23. The molecule has 0 bridgehead atoms. The van der Waals surface area contributed by atoms with E-state index in [1.807, 2.05) is 6.92 Å². The summed E-state index contributed by atoms with van der Waals surface area (Å²) in [7, 11) is -0.855. The molecule has 0 saturated heterocycles. The summed E-state index contributed by atoms with van der Waals surface area (Å²) in [5.74, 6) is 0.645. The molecule has 19 heavy (non-hydrogen) atoms. The Balaban J connectivity index is 2.39. The molecular weight excluding hydrogens is 264 g/mol. The van der Waals surface area contributed by atoms with Gasteiger partial charge in [0.05, 0.1) is 11.4 Å². The van der Waals surface area contributed by atoms with E-state index in [2.05, 4.69) is 10.6 Å². The highest BCUT2D eigenvalue weighted by molar-refractivity contribution is 7.85. The Bertz CT molecular complexity index is 310. The monoisotopic (exact) mass is 290 g/mol. The van der Waals surface area contributed by atoms with E-state index in [0.717, 1.165) is 25.7 Å². The van der Waals surface area contributed by atoms with E-state index in [1.54, 1.807) is 6.92 Å². The van der Waals surface area contributed by atoms with Gasteiger partial charge in [-0.15, -0.1) is 0 Å². The number of nitrogens with one attached hydrogen (secondary N) is 2. The summed E-state index contributed by atoms with van der Waals surface area (Å²) < 4.78 is 12.0. The molecule has 1 aliphatic carbocycles. The molecule has 6 heteroatoms. The molecular formula is C13H26N2O3S. The summed E-state index contributed by atoms with van der Waals surface area (Å²) in [5, 5.41) is 14.9. The minimum atomic E-state index is -0.855. The summed E-state index contributed by atoms with van der Waals surface area (Å²) in [4.78, 5) is 11.7. The van der Waals surface area contributed by atoms with Crippen LogP contribution < -0.4 is 10.6 Å². The van der Waals surface area contributed by atoms with Gasteiger partial charge in [-0.05, 0) is 26.2 Å². The first-order chi connectivity index (χ1) is 9.04. The second-order valence-electron chi connectivity index (χ2n) is 5.14. The lowest BCUT2D eigenvalue weighted by molar-refractivity contribution is 0.183. The van der Waals surface area contributed by atoms with E-state index in [-0.39, 0.29) is 17.3 Å². The molecule has 112 valence electrons. The minimum absolute atomic E-state index is 0.0149. The van der Waals surface area contributed by atoms with Crippen molar-refractivity contribution in [3.63, 3.8) is 0 Å². The van der Waals surface area contributed by atoms with E-state index in [0.29, 0.717) is 18.7 Å². The lowest BCUT2D eigenvalue weighted by Crippen LogP contribution is -2.50. The predicted molar refractivity (Wildman–Crippen MR) is 77.6 cm³/mol. The maximum Gasteiger partial charge on any atom is 0.315 e. The van der Waals surface area contributed by atoms with Gasteiger partial charge < -0.3 is 15.7 Å². The van der Waals surface area contributed by atoms with Gasteiger partial charge in [0.25, 0.3) is 0 Å². The molecule has 1 fully saturated rings. The molecule has 3 N–H and O–H groups in total. The van der Waals surface area contributed by atoms with Crippen molar-refractivity contribution >= 4 is 16.8 Å². The van der Waals surface area contributed by atoms with E-state index >= 15 is 0 Å². The van der Waals surface area contributed by atoms with Gasteiger partial charge >= 0.3 is 6.03 Å². The number of carbonyl (C=O) groups is 1. The second-order valence-corrected chi connectivity index (χ2v) is 7.08. The number of amides is 2. The Morgan fingerprint density at radius 1 is 1.42 bits per heavy atom. The number of aliphatic hydroxyl groups is 1. The van der Waals surface area contributed by atoms with Crippen LogP contribution in [0.15, 0.2) is 0 Å². The van der Waals surface area contributed by atoms with Crippen LogP contribution in [0, 0.1) is 0 Å². The molecule has 0 aliphatic heterocycles. The van der Waals surface area contributed by atoms with Gasteiger partial charge in [0.15, 0.2) is 0 Å². The molecule has 0 radical (unpaired) electrons. The van der Waals surface area contributed by atoms with Gasteiger partial charge in [0.2, 0.25) is 0 Å². The van der Waals surface area contributed by atoms with E-state index in [4.69, 9.17) is 5.11 Å². The van der Waals surface area contributed by atoms with Crippen LogP contribution in [-0.4, -0.2) is 45.0 Å². The largest absolute Gasteiger partial charge is 0.393 e. The summed E-state index contributed by atoms with van der Waals surface area (Å²) in [6.45, 7) is 4.07. The number of hydrogen-bond acceptors (Lipinski definition) is 3. The van der Waals surface area contributed by atoms with E-state index in [1.165, 1.54) is 0 Å². The fraction of sp³-hybridized carbons (Fsp3) is 0.923. The van der Waals surface area contributed by atoms with Crippen molar-refractivity contribution in [1.82, 2.24) is 10.6 Å². The normalized spacial score (nSPS) is 26.5. The number of urea groups is 1. The lowest BCUT2D eigenvalue weighted by atomic mass is 9.95. The third kappa shape index (κ3) is 5.91. The Hall–Kier alpha value is -0.620. The second kappa shape index (κ2) is 8.53. The molecule has 0 aromatic carbocycles. The Labute approximate surface area is 118 Å². The van der Waals surface area contributed by atoms with Gasteiger partial charge in [-0.1, -0.05) is 19.8 Å². The van der Waals surface area contributed by atoms with Crippen molar-refractivity contribution in [2.75, 3.05) is 12.3 Å². The molecule has 4 unspecified atom stereocenters. The lowest BCUT2D eigenvalue weighted by Gasteiger charge is -2.31. The van der Waals surface area contributed by atoms with E-state index in [9.17, 15) is 9.00 Å². The SMILES string of the molecule is CCS(=O)C1CCCCC1NC(=O)NCCC(C)O. The molecule has 0 aromatic rings. The summed E-state index contributed by atoms with van der Waals surface area (Å²) in [5.41, 5.74) is 0. The zero-order chi connectivity index (χ0) is 14.3. The molecule has 2 amide bonds. The predicted octanol–water partition coefficient (Wildman–Crippen LogP) is 1.14. The molecule has 0 aromatic heterocycles. The molecule has 1 saturated carbocycles. The van der Waals surface area contributed by atoms with Crippen molar-refractivity contribution in [2.24, 2.45) is 0 Å². The highest BCUT2D eigenvalue weighted by atomic mass is 32.2. The van der Waals surface area contributed by atoms with Gasteiger partial charge in [0, 0.05) is 29.1 Å². The number of aliphatic hydroxyl groups excluding tert-OH is 1. The average molecular weight is 290 g/mol. The first-order valence-corrected chi connectivity index (χ1v) is 8.52. The van der Waals surface area contributed by atoms with Crippen molar-refractivity contribution in [2.45, 2.75) is 63.3 Å². The first-order valence-electron chi connectivity index (χ1n) is 7.14. The number of hydrogen-bond donors (Lipinski definition) is 3. The maximum atomic E-state index is 12.0. The van der Waals surface area contributed by atoms with Crippen LogP contribution in [0.5, 0.6) is 0 Å². The maximum absolute atomic E-state index is 12.0. The van der Waals surface area contributed by atoms with Crippen molar-refractivity contribution < 1.29 is 14.1 Å². The van der Waals surface area contributed by atoms with Crippen molar-refractivity contribution in [3.05, 3.63) is 0 Å². The third-order valence-corrected chi connectivity index (χ3v) is 5.30. The smallest absolute Gasteiger partial charge is 0.315 e. The quantitative estimate of drug-likeness (QED) is 0.686. The fourth-order valence-electron chi connectivity index (χ4n) is 2.40. The third-order valence-electron chi connectivity index (χ3n) is 3.49. The van der Waals surface area contributed by atoms with Crippen LogP contribution in [0.4, 0.5) is 4.79 Å². The van der Waals surface area contributed by atoms with E-state index < -0.39 is 16.9 Å². The molecule has 4 atom stereocenters. The van der Waals surface area contributed by atoms with Crippen molar-refractivity contribution in [3.8, 4) is 0 Å². The minimum Gasteiger partial charge on any atom is -0.393 e. The van der Waals surface area contributed by atoms with Gasteiger partial charge in [0.1, 0.15) is 0 Å². The van der Waals surface area contributed by atoms with Gasteiger partial charge in [-0.25, -0.2) is 4.79 Å². The van der Waals surface area contributed by atoms with Crippen LogP contribution in [0.3, 0.4) is 0 Å². The topological polar surface area (TPSA) is 78.4 Å². The average Bonchev–Trinajstić information content (AvgIpc) is 2.38. The zero-order valence-corrected chi connectivity index (χ0v) is 12.7. The Kier molecular flexibility index (Phi) is 7.38. The van der Waals surface area contributed by atoms with Crippen LogP contribution in [0.25, 0.3) is 0 Å². The summed E-state index contributed by atoms with van der Waals surface area (Å²) in [6.07, 6.45) is 4.14. The summed E-state index contributed by atoms with van der Waals surface area (Å²) >= 11 is 0. The Morgan fingerprint density at radius 2 is 2.11 bits per heavy atom. The summed E-state index contributed by atoms with van der Waals surface area (Å²) in [6, 6.07) is -0.202. The standard InChI is InChI=1S/C13H26N2O3S/c1-3-19(18)12-7-5-4-6-11(12)15-13(17)14-9-8-10(2)16/h10-12,16H,3-9H2,1-2H3,(H2,14,15,17). The van der Waals surface area contributed by atoms with Crippen LogP contribution in [0.1, 0.15) is 46.0 Å². The van der Waals surface area contributed by atoms with Crippen LogP contribution in [-0.2, 0) is 10.8 Å². The molecule has 5 nitrogen and oxygen atoms in total. The van der Waals surface area contributed by atoms with Crippen LogP contribution >= 0.6 is 0 Å². The Morgan fingerprint density at radius 3 is 2.74 bits per heavy atom. The van der Waals surface area contributed by atoms with Gasteiger partial charge in [-0.2, -0.15) is 0 Å². The van der Waals surface area contributed by atoms with Crippen LogP contribution in [0.2, 0.25) is 0 Å². The molecule has 1 aliphatic rings. The van der Waals surface area contributed by atoms with Gasteiger partial charge in [-0.3, -0.25) is 4.21 Å².